The molecule has 156 valence electrons. The number of carbonyl (C=O) groups is 1. The number of halogens is 3. The Balaban J connectivity index is 1.80. The highest BCUT2D eigenvalue weighted by molar-refractivity contribution is 8.27. The van der Waals surface area contributed by atoms with Gasteiger partial charge in [-0.1, -0.05) is 12.1 Å². The molecule has 2 aromatic rings. The molecule has 1 aliphatic heterocycles. The molecule has 1 heterocycles. The van der Waals surface area contributed by atoms with Gasteiger partial charge < -0.3 is 14.2 Å². The lowest BCUT2D eigenvalue weighted by Crippen LogP contribution is -2.20. The Hall–Kier alpha value is -2.72. The van der Waals surface area contributed by atoms with Crippen LogP contribution in [0.2, 0.25) is 0 Å². The topological polar surface area (TPSA) is 74.2 Å². The quantitative estimate of drug-likeness (QED) is 0.518. The molecule has 1 aliphatic rings. The highest BCUT2D eigenvalue weighted by Crippen LogP contribution is 2.57. The number of carbonyl (C=O) groups excluding carboxylic acids is 1. The largest absolute Gasteiger partial charge is 0.573 e. The monoisotopic (exact) mass is 427 g/mol. The minimum absolute atomic E-state index is 0.0687. The van der Waals surface area contributed by atoms with Gasteiger partial charge in [0, 0.05) is 24.2 Å². The van der Waals surface area contributed by atoms with Crippen LogP contribution in [0.4, 0.5) is 18.9 Å². The van der Waals surface area contributed by atoms with Crippen molar-refractivity contribution in [1.82, 2.24) is 9.62 Å². The Bertz CT molecular complexity index is 935. The summed E-state index contributed by atoms with van der Waals surface area (Å²) in [6.45, 7) is 2.76. The molecule has 0 saturated carbocycles. The fourth-order valence-electron chi connectivity index (χ4n) is 2.72. The second-order valence-corrected chi connectivity index (χ2v) is 8.81. The molecule has 2 N–H and O–H groups in total. The first kappa shape index (κ1) is 21.0. The summed E-state index contributed by atoms with van der Waals surface area (Å²) in [5, 5.41) is 0. The Labute approximate surface area is 167 Å². The van der Waals surface area contributed by atoms with E-state index in [1.807, 2.05) is 18.9 Å². The first-order valence-corrected chi connectivity index (χ1v) is 10.4. The van der Waals surface area contributed by atoms with E-state index in [4.69, 9.17) is 0 Å². The van der Waals surface area contributed by atoms with Gasteiger partial charge in [0.1, 0.15) is 5.75 Å². The van der Waals surface area contributed by atoms with Crippen LogP contribution in [0.3, 0.4) is 0 Å². The molecule has 2 aromatic carbocycles. The Kier molecular flexibility index (Phi) is 5.76. The third-order valence-electron chi connectivity index (χ3n) is 4.27. The van der Waals surface area contributed by atoms with Crippen LogP contribution in [-0.2, 0) is 5.75 Å². The number of nitrogens with zero attached hydrogens (tertiary/aromatic N) is 2. The predicted molar refractivity (Wildman–Crippen MR) is 106 cm³/mol. The molecule has 0 spiro atoms. The highest BCUT2D eigenvalue weighted by atomic mass is 32.3. The molecule has 0 saturated heterocycles. The molecular formula is C19H20F3N3O3S. The van der Waals surface area contributed by atoms with E-state index in [9.17, 15) is 22.5 Å². The third-order valence-corrected chi connectivity index (χ3v) is 6.63. The van der Waals surface area contributed by atoms with Crippen molar-refractivity contribution < 1.29 is 27.3 Å². The SMILES string of the molecule is CCN(C)C=Nc1ccc2c(c1)C(=O)NS2(O)Cc1ccc(OC(F)(F)F)cc1. The van der Waals surface area contributed by atoms with Crippen molar-refractivity contribution in [3.05, 3.63) is 53.6 Å². The fraction of sp³-hybridized carbons (Fsp3) is 0.263. The lowest BCUT2D eigenvalue weighted by molar-refractivity contribution is -0.274. The molecule has 1 atom stereocenters. The van der Waals surface area contributed by atoms with E-state index in [1.165, 1.54) is 24.3 Å². The standard InChI is InChI=1S/C19H20F3N3O3S/c1-3-25(2)12-23-14-6-9-17-16(10-14)18(26)24-29(17,27)11-13-4-7-15(8-5-13)28-19(20,21)22/h4-10,12,27H,3,11H2,1-2H3,(H,24,26). The van der Waals surface area contributed by atoms with Crippen molar-refractivity contribution in [3.63, 3.8) is 0 Å². The Morgan fingerprint density at radius 3 is 2.55 bits per heavy atom. The van der Waals surface area contributed by atoms with Gasteiger partial charge in [-0.25, -0.2) is 4.99 Å². The first-order valence-electron chi connectivity index (χ1n) is 8.68. The van der Waals surface area contributed by atoms with E-state index < -0.39 is 22.8 Å². The van der Waals surface area contributed by atoms with Gasteiger partial charge in [0.25, 0.3) is 5.91 Å². The van der Waals surface area contributed by atoms with Gasteiger partial charge in [-0.2, -0.15) is 0 Å². The summed E-state index contributed by atoms with van der Waals surface area (Å²) in [6.07, 6.45) is -3.12. The number of amides is 1. The summed E-state index contributed by atoms with van der Waals surface area (Å²) >= 11 is 0. The number of aliphatic imine (C=N–C) groups is 1. The van der Waals surface area contributed by atoms with E-state index >= 15 is 0 Å². The maximum absolute atomic E-state index is 12.4. The molecule has 10 heteroatoms. The van der Waals surface area contributed by atoms with E-state index in [1.54, 1.807) is 24.5 Å². The Morgan fingerprint density at radius 2 is 1.93 bits per heavy atom. The van der Waals surface area contributed by atoms with E-state index in [2.05, 4.69) is 14.5 Å². The molecular weight excluding hydrogens is 407 g/mol. The molecule has 0 aliphatic carbocycles. The lowest BCUT2D eigenvalue weighted by Gasteiger charge is -2.29. The fourth-order valence-corrected chi connectivity index (χ4v) is 4.96. The number of benzene rings is 2. The third kappa shape index (κ3) is 5.01. The number of rotatable bonds is 6. The second kappa shape index (κ2) is 7.96. The number of hydrogen-bond acceptors (Lipinski definition) is 4. The molecule has 29 heavy (non-hydrogen) atoms. The highest BCUT2D eigenvalue weighted by Gasteiger charge is 2.37. The molecule has 1 amide bonds. The van der Waals surface area contributed by atoms with Crippen LogP contribution in [-0.4, -0.2) is 41.7 Å². The summed E-state index contributed by atoms with van der Waals surface area (Å²) in [7, 11) is -0.818. The van der Waals surface area contributed by atoms with Gasteiger partial charge in [0.2, 0.25) is 0 Å². The second-order valence-electron chi connectivity index (χ2n) is 6.47. The molecule has 0 bridgehead atoms. The lowest BCUT2D eigenvalue weighted by atomic mass is 10.2. The summed E-state index contributed by atoms with van der Waals surface area (Å²) in [5.41, 5.74) is 1.49. The maximum atomic E-state index is 12.4. The summed E-state index contributed by atoms with van der Waals surface area (Å²) in [6, 6.07) is 10.2. The van der Waals surface area contributed by atoms with Gasteiger partial charge in [-0.3, -0.25) is 9.52 Å². The number of alkyl halides is 3. The van der Waals surface area contributed by atoms with Crippen LogP contribution in [0.5, 0.6) is 5.75 Å². The van der Waals surface area contributed by atoms with Crippen LogP contribution in [0.1, 0.15) is 22.8 Å². The normalized spacial score (nSPS) is 20.8. The van der Waals surface area contributed by atoms with Crippen molar-refractivity contribution in [2.75, 3.05) is 13.6 Å². The molecule has 0 radical (unpaired) electrons. The number of ether oxygens (including phenoxy) is 1. The van der Waals surface area contributed by atoms with Crippen LogP contribution >= 0.6 is 10.5 Å². The zero-order valence-corrected chi connectivity index (χ0v) is 16.5. The number of nitrogens with one attached hydrogen (secondary N) is 1. The molecule has 3 rings (SSSR count). The molecule has 1 unspecified atom stereocenters. The van der Waals surface area contributed by atoms with Gasteiger partial charge in [-0.05, 0) is 53.3 Å². The molecule has 0 fully saturated rings. The van der Waals surface area contributed by atoms with E-state index in [0.717, 1.165) is 6.54 Å². The van der Waals surface area contributed by atoms with Crippen molar-refractivity contribution >= 4 is 28.4 Å². The van der Waals surface area contributed by atoms with Gasteiger partial charge >= 0.3 is 6.36 Å². The van der Waals surface area contributed by atoms with Crippen molar-refractivity contribution in [1.29, 1.82) is 0 Å². The zero-order chi connectivity index (χ0) is 21.2. The summed E-state index contributed by atoms with van der Waals surface area (Å²) in [4.78, 5) is 19.0. The predicted octanol–water partition coefficient (Wildman–Crippen LogP) is 4.69. The van der Waals surface area contributed by atoms with E-state index in [-0.39, 0.29) is 11.5 Å². The van der Waals surface area contributed by atoms with E-state index in [0.29, 0.717) is 21.7 Å². The average Bonchev–Trinajstić information content (AvgIpc) is 2.90. The average molecular weight is 427 g/mol. The molecule has 0 aromatic heterocycles. The Morgan fingerprint density at radius 1 is 1.24 bits per heavy atom. The zero-order valence-electron chi connectivity index (χ0n) is 15.7. The van der Waals surface area contributed by atoms with Gasteiger partial charge in [0.15, 0.2) is 0 Å². The van der Waals surface area contributed by atoms with Crippen molar-refractivity contribution in [2.24, 2.45) is 4.99 Å². The van der Waals surface area contributed by atoms with Crippen LogP contribution in [0.15, 0.2) is 52.4 Å². The minimum atomic E-state index is -4.77. The smallest absolute Gasteiger partial charge is 0.406 e. The minimum Gasteiger partial charge on any atom is -0.406 e. The maximum Gasteiger partial charge on any atom is 0.573 e. The first-order chi connectivity index (χ1) is 13.6. The van der Waals surface area contributed by atoms with Gasteiger partial charge in [0.05, 0.1) is 17.6 Å². The van der Waals surface area contributed by atoms with Gasteiger partial charge in [-0.15, -0.1) is 13.2 Å². The number of fused-ring (bicyclic) bond motifs is 1. The van der Waals surface area contributed by atoms with Crippen molar-refractivity contribution in [2.45, 2.75) is 23.9 Å². The summed E-state index contributed by atoms with van der Waals surface area (Å²) in [5.74, 6) is -0.687. The number of hydrogen-bond donors (Lipinski definition) is 2. The summed E-state index contributed by atoms with van der Waals surface area (Å²) < 4.78 is 54.4. The van der Waals surface area contributed by atoms with Crippen LogP contribution in [0.25, 0.3) is 0 Å². The van der Waals surface area contributed by atoms with Crippen molar-refractivity contribution in [3.8, 4) is 5.75 Å². The van der Waals surface area contributed by atoms with Crippen LogP contribution < -0.4 is 9.46 Å². The molecule has 6 nitrogen and oxygen atoms in total. The van der Waals surface area contributed by atoms with Crippen LogP contribution in [0, 0.1) is 0 Å².